The first-order valence-electron chi connectivity index (χ1n) is 10.4. The molecule has 0 radical (unpaired) electrons. The van der Waals surface area contributed by atoms with Gasteiger partial charge in [-0.15, -0.1) is 0 Å². The van der Waals surface area contributed by atoms with Gasteiger partial charge in [-0.3, -0.25) is 14.9 Å². The van der Waals surface area contributed by atoms with Gasteiger partial charge in [0.05, 0.1) is 4.92 Å². The molecule has 33 heavy (non-hydrogen) atoms. The molecule has 0 heterocycles. The van der Waals surface area contributed by atoms with Crippen LogP contribution in [-0.4, -0.2) is 17.4 Å². The molecule has 0 saturated carbocycles. The van der Waals surface area contributed by atoms with Crippen LogP contribution < -0.4 is 10.1 Å². The van der Waals surface area contributed by atoms with Gasteiger partial charge in [0, 0.05) is 12.6 Å². The third-order valence-corrected chi connectivity index (χ3v) is 5.11. The Kier molecular flexibility index (Phi) is 7.55. The van der Waals surface area contributed by atoms with E-state index in [1.54, 1.807) is 13.0 Å². The van der Waals surface area contributed by atoms with Crippen molar-refractivity contribution in [2.24, 2.45) is 0 Å². The number of carbonyl (C=O) groups excluding carboxylic acids is 1. The first kappa shape index (κ1) is 23.2. The zero-order valence-corrected chi connectivity index (χ0v) is 18.4. The van der Waals surface area contributed by atoms with Crippen LogP contribution in [0.25, 0.3) is 17.2 Å². The third-order valence-electron chi connectivity index (χ3n) is 5.11. The number of nitro groups is 1. The summed E-state index contributed by atoms with van der Waals surface area (Å²) >= 11 is 0. The van der Waals surface area contributed by atoms with E-state index in [9.17, 15) is 20.2 Å². The molecule has 7 heteroatoms. The average Bonchev–Trinajstić information content (AvgIpc) is 2.82. The molecule has 0 unspecified atom stereocenters. The van der Waals surface area contributed by atoms with Crippen LogP contribution in [0.2, 0.25) is 0 Å². The van der Waals surface area contributed by atoms with Gasteiger partial charge < -0.3 is 10.1 Å². The number of hydrogen-bond acceptors (Lipinski definition) is 5. The van der Waals surface area contributed by atoms with E-state index in [-0.39, 0.29) is 23.6 Å². The summed E-state index contributed by atoms with van der Waals surface area (Å²) in [5.74, 6) is -0.421. The predicted molar refractivity (Wildman–Crippen MR) is 126 cm³/mol. The molecule has 1 N–H and O–H groups in total. The van der Waals surface area contributed by atoms with Gasteiger partial charge in [0.15, 0.2) is 5.75 Å². The zero-order chi connectivity index (χ0) is 23.8. The Balaban J connectivity index is 1.86. The van der Waals surface area contributed by atoms with Crippen LogP contribution in [0.5, 0.6) is 5.75 Å². The summed E-state index contributed by atoms with van der Waals surface area (Å²) in [5, 5.41) is 23.4. The maximum atomic E-state index is 11.9. The summed E-state index contributed by atoms with van der Waals surface area (Å²) < 4.78 is 5.82. The molecule has 3 aromatic carbocycles. The number of rotatable bonds is 8. The van der Waals surface area contributed by atoms with Gasteiger partial charge in [0.2, 0.25) is 0 Å². The molecule has 0 saturated heterocycles. The van der Waals surface area contributed by atoms with E-state index in [4.69, 9.17) is 4.74 Å². The summed E-state index contributed by atoms with van der Waals surface area (Å²) in [6, 6.07) is 22.0. The highest BCUT2D eigenvalue weighted by Gasteiger charge is 2.17. The van der Waals surface area contributed by atoms with Gasteiger partial charge in [0.25, 0.3) is 5.91 Å². The number of ether oxygens (including phenoxy) is 1. The number of nitriles is 1. The van der Waals surface area contributed by atoms with E-state index in [0.29, 0.717) is 12.1 Å². The van der Waals surface area contributed by atoms with Crippen molar-refractivity contribution in [3.05, 3.63) is 99.1 Å². The van der Waals surface area contributed by atoms with E-state index < -0.39 is 10.8 Å². The first-order valence-corrected chi connectivity index (χ1v) is 10.4. The Hall–Kier alpha value is -4.44. The molecule has 0 aliphatic heterocycles. The molecular formula is C26H23N3O4. The lowest BCUT2D eigenvalue weighted by Gasteiger charge is -2.13. The van der Waals surface area contributed by atoms with Gasteiger partial charge in [-0.1, -0.05) is 54.6 Å². The van der Waals surface area contributed by atoms with Gasteiger partial charge in [0.1, 0.15) is 18.2 Å². The van der Waals surface area contributed by atoms with Gasteiger partial charge in [-0.05, 0) is 53.8 Å². The van der Waals surface area contributed by atoms with Crippen LogP contribution >= 0.6 is 0 Å². The van der Waals surface area contributed by atoms with Crippen molar-refractivity contribution >= 4 is 17.7 Å². The minimum Gasteiger partial charge on any atom is -0.482 e. The smallest absolute Gasteiger partial charge is 0.311 e. The summed E-state index contributed by atoms with van der Waals surface area (Å²) in [6.45, 7) is 4.26. The highest BCUT2D eigenvalue weighted by molar-refractivity contribution is 6.01. The van der Waals surface area contributed by atoms with Crippen LogP contribution in [0.3, 0.4) is 0 Å². The molecule has 0 aromatic heterocycles. The van der Waals surface area contributed by atoms with Crippen molar-refractivity contribution in [2.45, 2.75) is 20.5 Å². The fraction of sp³-hybridized carbons (Fsp3) is 0.154. The highest BCUT2D eigenvalue weighted by Crippen LogP contribution is 2.31. The topological polar surface area (TPSA) is 105 Å². The fourth-order valence-corrected chi connectivity index (χ4v) is 3.39. The van der Waals surface area contributed by atoms with Crippen LogP contribution in [0.1, 0.15) is 23.6 Å². The van der Waals surface area contributed by atoms with Crippen molar-refractivity contribution in [1.82, 2.24) is 5.32 Å². The number of nitro benzene ring substituents is 1. The minimum absolute atomic E-state index is 0.109. The summed E-state index contributed by atoms with van der Waals surface area (Å²) in [4.78, 5) is 23.0. The van der Waals surface area contributed by atoms with Crippen LogP contribution in [0.4, 0.5) is 5.69 Å². The molecule has 3 aromatic rings. The van der Waals surface area contributed by atoms with Crippen molar-refractivity contribution in [2.75, 3.05) is 6.54 Å². The third kappa shape index (κ3) is 5.63. The van der Waals surface area contributed by atoms with Crippen molar-refractivity contribution in [3.63, 3.8) is 0 Å². The Morgan fingerprint density at radius 3 is 2.58 bits per heavy atom. The fourth-order valence-electron chi connectivity index (χ4n) is 3.39. The maximum absolute atomic E-state index is 11.9. The molecule has 0 aliphatic carbocycles. The van der Waals surface area contributed by atoms with Gasteiger partial charge in [-0.25, -0.2) is 0 Å². The standard InChI is InChI=1S/C26H23N3O4/c1-3-28-26(30)22(16-27)14-19-12-13-25(24(15-19)29(31)32)33-17-21-10-7-11-23(18(21)2)20-8-5-4-6-9-20/h4-15H,3,17H2,1-2H3,(H,28,30). The van der Waals surface area contributed by atoms with Gasteiger partial charge in [-0.2, -0.15) is 5.26 Å². The van der Waals surface area contributed by atoms with Crippen LogP contribution in [0, 0.1) is 28.4 Å². The number of nitrogens with zero attached hydrogens (tertiary/aromatic N) is 2. The lowest BCUT2D eigenvalue weighted by Crippen LogP contribution is -2.23. The van der Waals surface area contributed by atoms with Crippen molar-refractivity contribution in [3.8, 4) is 22.9 Å². The van der Waals surface area contributed by atoms with E-state index >= 15 is 0 Å². The molecular weight excluding hydrogens is 418 g/mol. The molecule has 0 bridgehead atoms. The van der Waals surface area contributed by atoms with E-state index in [2.05, 4.69) is 5.32 Å². The second kappa shape index (κ2) is 10.7. The predicted octanol–water partition coefficient (Wildman–Crippen LogP) is 5.19. The molecule has 0 spiro atoms. The molecule has 3 rings (SSSR count). The Bertz CT molecular complexity index is 1240. The number of carbonyl (C=O) groups is 1. The second-order valence-corrected chi connectivity index (χ2v) is 7.26. The van der Waals surface area contributed by atoms with Gasteiger partial charge >= 0.3 is 5.69 Å². The lowest BCUT2D eigenvalue weighted by molar-refractivity contribution is -0.386. The first-order chi connectivity index (χ1) is 15.9. The molecule has 0 atom stereocenters. The molecule has 7 nitrogen and oxygen atoms in total. The average molecular weight is 441 g/mol. The molecule has 0 aliphatic rings. The van der Waals surface area contributed by atoms with E-state index in [0.717, 1.165) is 22.3 Å². The largest absolute Gasteiger partial charge is 0.482 e. The second-order valence-electron chi connectivity index (χ2n) is 7.26. The van der Waals surface area contributed by atoms with Crippen LogP contribution in [0.15, 0.2) is 72.3 Å². The van der Waals surface area contributed by atoms with E-state index in [1.165, 1.54) is 18.2 Å². The quantitative estimate of drug-likeness (QED) is 0.224. The van der Waals surface area contributed by atoms with Crippen LogP contribution in [-0.2, 0) is 11.4 Å². The summed E-state index contributed by atoms with van der Waals surface area (Å²) in [7, 11) is 0. The monoisotopic (exact) mass is 441 g/mol. The van der Waals surface area contributed by atoms with Crippen molar-refractivity contribution < 1.29 is 14.5 Å². The number of amides is 1. The Morgan fingerprint density at radius 1 is 1.15 bits per heavy atom. The summed E-state index contributed by atoms with van der Waals surface area (Å²) in [5.41, 5.74) is 4.09. The Morgan fingerprint density at radius 2 is 1.91 bits per heavy atom. The SMILES string of the molecule is CCNC(=O)C(C#N)=Cc1ccc(OCc2cccc(-c3ccccc3)c2C)c([N+](=O)[O-])c1. The lowest BCUT2D eigenvalue weighted by atomic mass is 9.97. The molecule has 0 fully saturated rings. The number of benzene rings is 3. The highest BCUT2D eigenvalue weighted by atomic mass is 16.6. The number of hydrogen-bond donors (Lipinski definition) is 1. The van der Waals surface area contributed by atoms with E-state index in [1.807, 2.05) is 61.5 Å². The Labute approximate surface area is 192 Å². The molecule has 1 amide bonds. The minimum atomic E-state index is -0.544. The number of nitrogens with one attached hydrogen (secondary N) is 1. The normalized spacial score (nSPS) is 10.9. The molecule has 166 valence electrons. The maximum Gasteiger partial charge on any atom is 0.311 e. The summed E-state index contributed by atoms with van der Waals surface area (Å²) in [6.07, 6.45) is 1.31. The number of likely N-dealkylation sites (N-methyl/N-ethyl adjacent to an activating group) is 1. The van der Waals surface area contributed by atoms with Crippen molar-refractivity contribution in [1.29, 1.82) is 5.26 Å². The zero-order valence-electron chi connectivity index (χ0n) is 18.4.